The first-order chi connectivity index (χ1) is 9.99. The third-order valence-electron chi connectivity index (χ3n) is 3.06. The van der Waals surface area contributed by atoms with Gasteiger partial charge in [0, 0.05) is 5.56 Å². The molecule has 22 heavy (non-hydrogen) atoms. The van der Waals surface area contributed by atoms with Gasteiger partial charge in [0.05, 0.1) is 5.71 Å². The summed E-state index contributed by atoms with van der Waals surface area (Å²) in [5.74, 6) is 0. The fraction of sp³-hybridized carbons (Fsp3) is 0.462. The number of oxime groups is 1. The van der Waals surface area contributed by atoms with E-state index in [0.29, 0.717) is 25.0 Å². The van der Waals surface area contributed by atoms with Crippen LogP contribution >= 0.6 is 0 Å². The van der Waals surface area contributed by atoms with Crippen molar-refractivity contribution in [1.29, 1.82) is 0 Å². The summed E-state index contributed by atoms with van der Waals surface area (Å²) >= 11 is 0. The highest BCUT2D eigenvalue weighted by Gasteiger charge is 2.71. The summed E-state index contributed by atoms with van der Waals surface area (Å²) in [6.45, 7) is 1.76. The van der Waals surface area contributed by atoms with Gasteiger partial charge in [-0.05, 0) is 12.0 Å². The Labute approximate surface area is 121 Å². The molecule has 0 atom stereocenters. The van der Waals surface area contributed by atoms with Crippen molar-refractivity contribution in [2.75, 3.05) is 0 Å². The zero-order valence-corrected chi connectivity index (χ0v) is 11.3. The van der Waals surface area contributed by atoms with E-state index in [4.69, 9.17) is 5.21 Å². The fourth-order valence-electron chi connectivity index (χ4n) is 1.88. The highest BCUT2D eigenvalue weighted by Crippen LogP contribution is 2.49. The van der Waals surface area contributed by atoms with Gasteiger partial charge in [0.2, 0.25) is 0 Å². The smallest absolute Gasteiger partial charge is 0.411 e. The van der Waals surface area contributed by atoms with Gasteiger partial charge < -0.3 is 10.3 Å². The second kappa shape index (κ2) is 6.15. The molecule has 3 nitrogen and oxygen atoms in total. The van der Waals surface area contributed by atoms with E-state index in [1.165, 1.54) is 0 Å². The van der Waals surface area contributed by atoms with Crippen LogP contribution in [0, 0.1) is 0 Å². The first-order valence-electron chi connectivity index (χ1n) is 6.16. The Hall–Kier alpha value is -1.77. The summed E-state index contributed by atoms with van der Waals surface area (Å²) in [7, 11) is 0. The number of hydrogen-bond acceptors (Lipinski definition) is 3. The van der Waals surface area contributed by atoms with Gasteiger partial charge in [-0.2, -0.15) is 26.3 Å². The second-order valence-electron chi connectivity index (χ2n) is 4.58. The van der Waals surface area contributed by atoms with Gasteiger partial charge in [0.1, 0.15) is 0 Å². The van der Waals surface area contributed by atoms with Gasteiger partial charge in [-0.1, -0.05) is 42.8 Å². The maximum atomic E-state index is 12.7. The zero-order chi connectivity index (χ0) is 17.2. The van der Waals surface area contributed by atoms with Crippen molar-refractivity contribution in [3.8, 4) is 0 Å². The van der Waals surface area contributed by atoms with Crippen molar-refractivity contribution in [2.24, 2.45) is 5.16 Å². The van der Waals surface area contributed by atoms with Crippen molar-refractivity contribution >= 4 is 5.71 Å². The predicted octanol–water partition coefficient (Wildman–Crippen LogP) is 3.98. The van der Waals surface area contributed by atoms with Crippen LogP contribution in [-0.2, 0) is 5.60 Å². The van der Waals surface area contributed by atoms with Crippen molar-refractivity contribution in [3.63, 3.8) is 0 Å². The molecule has 0 radical (unpaired) electrons. The third kappa shape index (κ3) is 3.18. The minimum Gasteiger partial charge on any atom is -0.411 e. The van der Waals surface area contributed by atoms with Crippen LogP contribution < -0.4 is 0 Å². The van der Waals surface area contributed by atoms with E-state index in [2.05, 4.69) is 5.16 Å². The molecule has 2 N–H and O–H groups in total. The van der Waals surface area contributed by atoms with Gasteiger partial charge in [0.15, 0.2) is 0 Å². The molecule has 0 saturated carbocycles. The molecule has 0 bridgehead atoms. The van der Waals surface area contributed by atoms with E-state index in [-0.39, 0.29) is 11.3 Å². The maximum Gasteiger partial charge on any atom is 0.430 e. The highest BCUT2D eigenvalue weighted by atomic mass is 19.4. The van der Waals surface area contributed by atoms with Gasteiger partial charge in [-0.25, -0.2) is 0 Å². The van der Waals surface area contributed by atoms with E-state index >= 15 is 0 Å². The van der Waals surface area contributed by atoms with Crippen molar-refractivity contribution in [1.82, 2.24) is 0 Å². The number of alkyl halides is 6. The molecule has 0 fully saturated rings. The summed E-state index contributed by atoms with van der Waals surface area (Å²) in [4.78, 5) is 0. The molecule has 0 amide bonds. The molecule has 9 heteroatoms. The molecule has 0 aliphatic heterocycles. The lowest BCUT2D eigenvalue weighted by molar-refractivity contribution is -0.376. The number of aliphatic hydroxyl groups is 1. The Morgan fingerprint density at radius 1 is 1.00 bits per heavy atom. The van der Waals surface area contributed by atoms with Crippen molar-refractivity contribution < 1.29 is 36.7 Å². The lowest BCUT2D eigenvalue weighted by atomic mass is 9.91. The van der Waals surface area contributed by atoms with Crippen molar-refractivity contribution in [3.05, 3.63) is 35.4 Å². The Balaban J connectivity index is 3.32. The second-order valence-corrected chi connectivity index (χ2v) is 4.58. The van der Waals surface area contributed by atoms with E-state index in [1.54, 1.807) is 6.92 Å². The lowest BCUT2D eigenvalue weighted by Gasteiger charge is -2.32. The summed E-state index contributed by atoms with van der Waals surface area (Å²) in [5, 5.41) is 20.9. The number of nitrogens with zero attached hydrogens (tertiary/aromatic N) is 1. The number of halogens is 6. The summed E-state index contributed by atoms with van der Waals surface area (Å²) in [5.41, 5.74) is -6.03. The summed E-state index contributed by atoms with van der Waals surface area (Å²) < 4.78 is 76.2. The first-order valence-corrected chi connectivity index (χ1v) is 6.16. The quantitative estimate of drug-likeness (QED) is 0.380. The molecule has 1 aromatic carbocycles. The molecule has 0 saturated heterocycles. The van der Waals surface area contributed by atoms with E-state index in [0.717, 1.165) is 12.1 Å². The van der Waals surface area contributed by atoms with Gasteiger partial charge in [-0.3, -0.25) is 0 Å². The normalized spacial score (nSPS) is 14.3. The minimum absolute atomic E-state index is 0.122. The summed E-state index contributed by atoms with van der Waals surface area (Å²) in [6, 6.07) is 2.89. The van der Waals surface area contributed by atoms with Crippen LogP contribution in [0.1, 0.15) is 30.9 Å². The predicted molar refractivity (Wildman–Crippen MR) is 65.7 cm³/mol. The fourth-order valence-corrected chi connectivity index (χ4v) is 1.88. The molecule has 0 unspecified atom stereocenters. The largest absolute Gasteiger partial charge is 0.430 e. The SMILES string of the molecule is CCC/C(=N/O)c1ccc(C(O)(C(F)(F)F)C(F)(F)F)cc1. The molecule has 0 aliphatic carbocycles. The van der Waals surface area contributed by atoms with Gasteiger partial charge in [-0.15, -0.1) is 0 Å². The van der Waals surface area contributed by atoms with Crippen LogP contribution in [0.15, 0.2) is 29.4 Å². The average molecular weight is 329 g/mol. The Morgan fingerprint density at radius 3 is 1.77 bits per heavy atom. The highest BCUT2D eigenvalue weighted by molar-refractivity contribution is 6.00. The molecule has 124 valence electrons. The average Bonchev–Trinajstić information content (AvgIpc) is 2.41. The Morgan fingerprint density at radius 2 is 1.45 bits per heavy atom. The van der Waals surface area contributed by atoms with Crippen LogP contribution in [0.4, 0.5) is 26.3 Å². The van der Waals surface area contributed by atoms with E-state index in [9.17, 15) is 31.4 Å². The zero-order valence-electron chi connectivity index (χ0n) is 11.3. The standard InChI is InChI=1S/C13H13F6NO2/c1-2-3-10(20-22)8-4-6-9(7-5-8)11(21,12(14,15)16)13(17,18)19/h4-7,21-22H,2-3H2,1H3/b20-10-. The Kier molecular flexibility index (Phi) is 5.11. The van der Waals surface area contributed by atoms with Crippen LogP contribution in [-0.4, -0.2) is 28.4 Å². The minimum atomic E-state index is -5.93. The van der Waals surface area contributed by atoms with E-state index in [1.807, 2.05) is 0 Å². The number of benzene rings is 1. The molecule has 1 rings (SSSR count). The summed E-state index contributed by atoms with van der Waals surface area (Å²) in [6.07, 6.45) is -11.0. The lowest BCUT2D eigenvalue weighted by Crippen LogP contribution is -2.53. The number of rotatable bonds is 4. The molecule has 1 aromatic rings. The van der Waals surface area contributed by atoms with Crippen LogP contribution in [0.2, 0.25) is 0 Å². The van der Waals surface area contributed by atoms with Crippen LogP contribution in [0.5, 0.6) is 0 Å². The molecule has 0 aromatic heterocycles. The topological polar surface area (TPSA) is 52.8 Å². The molecule has 0 heterocycles. The first kappa shape index (κ1) is 18.3. The van der Waals surface area contributed by atoms with Crippen molar-refractivity contribution in [2.45, 2.75) is 37.7 Å². The molecule has 0 aliphatic rings. The molecular formula is C13H13F6NO2. The van der Waals surface area contributed by atoms with E-state index < -0.39 is 23.5 Å². The molecular weight excluding hydrogens is 316 g/mol. The number of hydrogen-bond donors (Lipinski definition) is 2. The maximum absolute atomic E-state index is 12.7. The van der Waals surface area contributed by atoms with Crippen LogP contribution in [0.25, 0.3) is 0 Å². The van der Waals surface area contributed by atoms with Gasteiger partial charge >= 0.3 is 12.4 Å². The monoisotopic (exact) mass is 329 g/mol. The molecule has 0 spiro atoms. The van der Waals surface area contributed by atoms with Crippen LogP contribution in [0.3, 0.4) is 0 Å². The Bertz CT molecular complexity index is 519. The van der Waals surface area contributed by atoms with Gasteiger partial charge in [0.25, 0.3) is 5.60 Å². The third-order valence-corrected chi connectivity index (χ3v) is 3.06.